The molecule has 0 saturated heterocycles. The first-order chi connectivity index (χ1) is 7.95. The summed E-state index contributed by atoms with van der Waals surface area (Å²) in [5.41, 5.74) is 0.684. The zero-order valence-corrected chi connectivity index (χ0v) is 11.2. The van der Waals surface area contributed by atoms with Crippen LogP contribution in [0.4, 0.5) is 0 Å². The summed E-state index contributed by atoms with van der Waals surface area (Å²) in [4.78, 5) is 0.268. The fraction of sp³-hybridized carbons (Fsp3) is 0.538. The molecular weight excluding hydrogens is 236 g/mol. The minimum absolute atomic E-state index is 0.268. The molecule has 17 heavy (non-hydrogen) atoms. The van der Waals surface area contributed by atoms with Crippen LogP contribution in [-0.2, 0) is 9.84 Å². The average Bonchev–Trinajstić information content (AvgIpc) is 2.28. The Balaban J connectivity index is 2.78. The summed E-state index contributed by atoms with van der Waals surface area (Å²) < 4.78 is 22.8. The highest BCUT2D eigenvalue weighted by Crippen LogP contribution is 2.22. The summed E-state index contributed by atoms with van der Waals surface area (Å²) >= 11 is 0. The minimum Gasteiger partial charge on any atom is -0.388 e. The van der Waals surface area contributed by atoms with Crippen LogP contribution < -0.4 is 0 Å². The number of aliphatic hydroxyl groups is 1. The van der Waals surface area contributed by atoms with Gasteiger partial charge in [-0.15, -0.1) is 0 Å². The smallest absolute Gasteiger partial charge is 0.175 e. The van der Waals surface area contributed by atoms with Crippen molar-refractivity contribution in [2.45, 2.75) is 43.6 Å². The van der Waals surface area contributed by atoms with E-state index in [0.717, 1.165) is 19.3 Å². The number of benzene rings is 1. The van der Waals surface area contributed by atoms with Gasteiger partial charge in [0.2, 0.25) is 0 Å². The van der Waals surface area contributed by atoms with E-state index < -0.39 is 15.9 Å². The molecule has 3 nitrogen and oxygen atoms in total. The van der Waals surface area contributed by atoms with Gasteiger partial charge in [0.15, 0.2) is 9.84 Å². The summed E-state index contributed by atoms with van der Waals surface area (Å²) in [6, 6.07) is 6.56. The second-order valence-corrected chi connectivity index (χ2v) is 6.37. The lowest BCUT2D eigenvalue weighted by Crippen LogP contribution is -2.01. The molecule has 0 aliphatic heterocycles. The fourth-order valence-electron chi connectivity index (χ4n) is 1.71. The summed E-state index contributed by atoms with van der Waals surface area (Å²) in [5.74, 6) is 0. The Hall–Kier alpha value is -0.870. The van der Waals surface area contributed by atoms with Crippen molar-refractivity contribution in [2.24, 2.45) is 0 Å². The van der Waals surface area contributed by atoms with E-state index in [1.165, 1.54) is 6.26 Å². The van der Waals surface area contributed by atoms with Gasteiger partial charge in [-0.1, -0.05) is 38.3 Å². The Kier molecular flexibility index (Phi) is 5.15. The number of hydrogen-bond donors (Lipinski definition) is 1. The van der Waals surface area contributed by atoms with Crippen LogP contribution in [0, 0.1) is 0 Å². The zero-order valence-electron chi connectivity index (χ0n) is 10.4. The molecule has 1 rings (SSSR count). The molecule has 1 unspecified atom stereocenters. The predicted molar refractivity (Wildman–Crippen MR) is 68.7 cm³/mol. The second kappa shape index (κ2) is 6.17. The standard InChI is InChI=1S/C13H20O3S/c1-3-4-5-9-13(14)11-7-6-8-12(10-11)17(2,15)16/h6-8,10,13-14H,3-5,9H2,1-2H3. The van der Waals surface area contributed by atoms with E-state index in [-0.39, 0.29) is 4.90 Å². The normalized spacial score (nSPS) is 13.6. The molecule has 0 aliphatic rings. The molecule has 0 heterocycles. The van der Waals surface area contributed by atoms with Gasteiger partial charge in [-0.05, 0) is 24.1 Å². The van der Waals surface area contributed by atoms with E-state index >= 15 is 0 Å². The van der Waals surface area contributed by atoms with E-state index in [0.29, 0.717) is 12.0 Å². The average molecular weight is 256 g/mol. The van der Waals surface area contributed by atoms with Crippen molar-refractivity contribution in [3.8, 4) is 0 Å². The number of sulfone groups is 1. The van der Waals surface area contributed by atoms with Gasteiger partial charge >= 0.3 is 0 Å². The lowest BCUT2D eigenvalue weighted by atomic mass is 10.0. The van der Waals surface area contributed by atoms with Crippen molar-refractivity contribution in [1.29, 1.82) is 0 Å². The maximum absolute atomic E-state index is 11.4. The molecule has 1 aromatic rings. The molecule has 0 bridgehead atoms. The van der Waals surface area contributed by atoms with Crippen molar-refractivity contribution in [3.05, 3.63) is 29.8 Å². The number of unbranched alkanes of at least 4 members (excludes halogenated alkanes) is 2. The molecule has 0 spiro atoms. The summed E-state index contributed by atoms with van der Waals surface area (Å²) in [7, 11) is -3.20. The second-order valence-electron chi connectivity index (χ2n) is 4.36. The monoisotopic (exact) mass is 256 g/mol. The summed E-state index contributed by atoms with van der Waals surface area (Å²) in [5, 5.41) is 9.94. The van der Waals surface area contributed by atoms with E-state index in [1.54, 1.807) is 24.3 Å². The van der Waals surface area contributed by atoms with Gasteiger partial charge in [-0.2, -0.15) is 0 Å². The Morgan fingerprint density at radius 2 is 2.00 bits per heavy atom. The van der Waals surface area contributed by atoms with Crippen LogP contribution in [-0.4, -0.2) is 19.8 Å². The molecule has 0 aromatic heterocycles. The van der Waals surface area contributed by atoms with Gasteiger partial charge in [0.25, 0.3) is 0 Å². The van der Waals surface area contributed by atoms with E-state index in [1.807, 2.05) is 0 Å². The number of aliphatic hydroxyl groups excluding tert-OH is 1. The number of rotatable bonds is 6. The van der Waals surface area contributed by atoms with Crippen LogP contribution in [0.5, 0.6) is 0 Å². The highest BCUT2D eigenvalue weighted by atomic mass is 32.2. The van der Waals surface area contributed by atoms with Gasteiger partial charge in [0, 0.05) is 6.26 Å². The maximum atomic E-state index is 11.4. The Bertz CT molecular complexity index is 451. The van der Waals surface area contributed by atoms with Crippen LogP contribution >= 0.6 is 0 Å². The largest absolute Gasteiger partial charge is 0.388 e. The molecule has 0 fully saturated rings. The first-order valence-electron chi connectivity index (χ1n) is 5.93. The minimum atomic E-state index is -3.20. The lowest BCUT2D eigenvalue weighted by Gasteiger charge is -2.11. The molecule has 4 heteroatoms. The number of hydrogen-bond acceptors (Lipinski definition) is 3. The Morgan fingerprint density at radius 3 is 2.59 bits per heavy atom. The first kappa shape index (κ1) is 14.2. The van der Waals surface area contributed by atoms with Crippen LogP contribution in [0.25, 0.3) is 0 Å². The highest BCUT2D eigenvalue weighted by molar-refractivity contribution is 7.90. The van der Waals surface area contributed by atoms with Crippen molar-refractivity contribution in [1.82, 2.24) is 0 Å². The molecule has 96 valence electrons. The van der Waals surface area contributed by atoms with Gasteiger partial charge in [-0.25, -0.2) is 8.42 Å². The van der Waals surface area contributed by atoms with E-state index in [2.05, 4.69) is 6.92 Å². The predicted octanol–water partition coefficient (Wildman–Crippen LogP) is 2.70. The summed E-state index contributed by atoms with van der Waals surface area (Å²) in [6.07, 6.45) is 4.44. The molecule has 0 aliphatic carbocycles. The quantitative estimate of drug-likeness (QED) is 0.796. The van der Waals surface area contributed by atoms with E-state index in [9.17, 15) is 13.5 Å². The van der Waals surface area contributed by atoms with Gasteiger partial charge < -0.3 is 5.11 Å². The third-order valence-corrected chi connectivity index (χ3v) is 3.86. The van der Waals surface area contributed by atoms with Crippen molar-refractivity contribution in [3.63, 3.8) is 0 Å². The maximum Gasteiger partial charge on any atom is 0.175 e. The molecule has 0 amide bonds. The van der Waals surface area contributed by atoms with Crippen molar-refractivity contribution < 1.29 is 13.5 Å². The van der Waals surface area contributed by atoms with Crippen LogP contribution in [0.2, 0.25) is 0 Å². The van der Waals surface area contributed by atoms with E-state index in [4.69, 9.17) is 0 Å². The van der Waals surface area contributed by atoms with Crippen LogP contribution in [0.3, 0.4) is 0 Å². The Morgan fingerprint density at radius 1 is 1.29 bits per heavy atom. The van der Waals surface area contributed by atoms with Crippen LogP contribution in [0.15, 0.2) is 29.2 Å². The highest BCUT2D eigenvalue weighted by Gasteiger charge is 2.11. The third kappa shape index (κ3) is 4.48. The van der Waals surface area contributed by atoms with Crippen molar-refractivity contribution in [2.75, 3.05) is 6.26 Å². The molecule has 0 radical (unpaired) electrons. The van der Waals surface area contributed by atoms with Gasteiger partial charge in [0.1, 0.15) is 0 Å². The lowest BCUT2D eigenvalue weighted by molar-refractivity contribution is 0.163. The zero-order chi connectivity index (χ0) is 12.9. The first-order valence-corrected chi connectivity index (χ1v) is 7.82. The summed E-state index contributed by atoms with van der Waals surface area (Å²) in [6.45, 7) is 2.11. The SMILES string of the molecule is CCCCCC(O)c1cccc(S(C)(=O)=O)c1. The molecule has 1 aromatic carbocycles. The van der Waals surface area contributed by atoms with Crippen molar-refractivity contribution >= 4 is 9.84 Å². The van der Waals surface area contributed by atoms with Crippen LogP contribution in [0.1, 0.15) is 44.3 Å². The fourth-order valence-corrected chi connectivity index (χ4v) is 2.38. The Labute approximate surface area is 103 Å². The molecule has 1 N–H and O–H groups in total. The topological polar surface area (TPSA) is 54.4 Å². The van der Waals surface area contributed by atoms with Gasteiger partial charge in [-0.3, -0.25) is 0 Å². The third-order valence-electron chi connectivity index (χ3n) is 2.75. The molecular formula is C13H20O3S. The van der Waals surface area contributed by atoms with Gasteiger partial charge in [0.05, 0.1) is 11.0 Å². The molecule has 1 atom stereocenters. The molecule has 0 saturated carbocycles.